The standard InChI is InChI=1S/C14H18NO5P/c16-13(15-9-4-7-12(15)14(17)18)8-10-21(19,20)11-5-2-1-3-6-11/h1-3,5-6,12H,4,7-10H2,(H,17,18)(H,19,20)/t12-/m0/s1. The minimum atomic E-state index is -3.58. The molecule has 1 aliphatic rings. The first-order valence-corrected chi connectivity index (χ1v) is 8.66. The number of hydrogen-bond donors (Lipinski definition) is 2. The van der Waals surface area contributed by atoms with Gasteiger partial charge in [-0.3, -0.25) is 9.36 Å². The fourth-order valence-electron chi connectivity index (χ4n) is 2.50. The highest BCUT2D eigenvalue weighted by Crippen LogP contribution is 2.40. The molecular weight excluding hydrogens is 293 g/mol. The van der Waals surface area contributed by atoms with E-state index >= 15 is 0 Å². The lowest BCUT2D eigenvalue weighted by atomic mass is 10.2. The van der Waals surface area contributed by atoms with Crippen LogP contribution in [0.2, 0.25) is 0 Å². The van der Waals surface area contributed by atoms with E-state index in [0.717, 1.165) is 0 Å². The molecule has 1 aliphatic heterocycles. The van der Waals surface area contributed by atoms with Gasteiger partial charge in [-0.1, -0.05) is 18.2 Å². The highest BCUT2D eigenvalue weighted by Gasteiger charge is 2.34. The van der Waals surface area contributed by atoms with Crippen molar-refractivity contribution < 1.29 is 24.2 Å². The van der Waals surface area contributed by atoms with Crippen molar-refractivity contribution in [1.29, 1.82) is 0 Å². The van der Waals surface area contributed by atoms with Crippen molar-refractivity contribution in [2.45, 2.75) is 25.3 Å². The molecular formula is C14H18NO5P. The minimum Gasteiger partial charge on any atom is -0.480 e. The largest absolute Gasteiger partial charge is 0.480 e. The van der Waals surface area contributed by atoms with Crippen molar-refractivity contribution in [3.63, 3.8) is 0 Å². The third-order valence-corrected chi connectivity index (χ3v) is 5.58. The van der Waals surface area contributed by atoms with Gasteiger partial charge in [-0.2, -0.15) is 0 Å². The molecule has 1 heterocycles. The van der Waals surface area contributed by atoms with Crippen LogP contribution in [0.1, 0.15) is 19.3 Å². The van der Waals surface area contributed by atoms with Gasteiger partial charge in [0.25, 0.3) is 0 Å². The molecule has 1 saturated heterocycles. The zero-order valence-corrected chi connectivity index (χ0v) is 12.4. The van der Waals surface area contributed by atoms with E-state index < -0.39 is 19.4 Å². The zero-order valence-electron chi connectivity index (χ0n) is 11.5. The van der Waals surface area contributed by atoms with Crippen molar-refractivity contribution in [1.82, 2.24) is 4.90 Å². The van der Waals surface area contributed by atoms with Crippen LogP contribution in [0.5, 0.6) is 0 Å². The van der Waals surface area contributed by atoms with E-state index in [1.807, 2.05) is 0 Å². The van der Waals surface area contributed by atoms with Gasteiger partial charge in [-0.25, -0.2) is 4.79 Å². The lowest BCUT2D eigenvalue weighted by Gasteiger charge is -2.22. The second-order valence-electron chi connectivity index (χ2n) is 5.09. The van der Waals surface area contributed by atoms with Crippen molar-refractivity contribution in [2.24, 2.45) is 0 Å². The Morgan fingerprint density at radius 1 is 1.29 bits per heavy atom. The minimum absolute atomic E-state index is 0.119. The van der Waals surface area contributed by atoms with Crippen LogP contribution in [0, 0.1) is 0 Å². The van der Waals surface area contributed by atoms with Gasteiger partial charge in [0.05, 0.1) is 0 Å². The Kier molecular flexibility index (Phi) is 4.80. The van der Waals surface area contributed by atoms with Crippen LogP contribution in [0.25, 0.3) is 0 Å². The predicted molar refractivity (Wildman–Crippen MR) is 77.8 cm³/mol. The van der Waals surface area contributed by atoms with Crippen molar-refractivity contribution in [3.8, 4) is 0 Å². The number of nitrogens with zero attached hydrogens (tertiary/aromatic N) is 1. The lowest BCUT2D eigenvalue weighted by Crippen LogP contribution is -2.40. The number of benzene rings is 1. The van der Waals surface area contributed by atoms with Gasteiger partial charge in [-0.15, -0.1) is 0 Å². The van der Waals surface area contributed by atoms with Crippen LogP contribution in [-0.4, -0.2) is 45.5 Å². The van der Waals surface area contributed by atoms with E-state index in [-0.39, 0.29) is 18.5 Å². The molecule has 0 spiro atoms. The summed E-state index contributed by atoms with van der Waals surface area (Å²) in [5.41, 5.74) is 0. The van der Waals surface area contributed by atoms with Crippen molar-refractivity contribution in [2.75, 3.05) is 12.7 Å². The monoisotopic (exact) mass is 311 g/mol. The van der Waals surface area contributed by atoms with Gasteiger partial charge >= 0.3 is 5.97 Å². The van der Waals surface area contributed by atoms with Gasteiger partial charge < -0.3 is 14.9 Å². The number of carbonyl (C=O) groups excluding carboxylic acids is 1. The predicted octanol–water partition coefficient (Wildman–Crippen LogP) is 1.05. The average molecular weight is 311 g/mol. The molecule has 1 aromatic carbocycles. The number of carboxylic acid groups (broad SMARTS) is 1. The Balaban J connectivity index is 1.98. The fraction of sp³-hybridized carbons (Fsp3) is 0.429. The SMILES string of the molecule is O=C(O)[C@@H]1CCCN1C(=O)CCP(=O)(O)c1ccccc1. The summed E-state index contributed by atoms with van der Waals surface area (Å²) < 4.78 is 12.2. The number of hydrogen-bond acceptors (Lipinski definition) is 3. The van der Waals surface area contributed by atoms with Crippen molar-refractivity contribution >= 4 is 24.5 Å². The molecule has 114 valence electrons. The molecule has 0 bridgehead atoms. The van der Waals surface area contributed by atoms with Gasteiger partial charge in [0, 0.05) is 24.4 Å². The lowest BCUT2D eigenvalue weighted by molar-refractivity contribution is -0.148. The molecule has 1 unspecified atom stereocenters. The summed E-state index contributed by atoms with van der Waals surface area (Å²) in [5, 5.41) is 9.35. The van der Waals surface area contributed by atoms with Crippen LogP contribution < -0.4 is 5.30 Å². The smallest absolute Gasteiger partial charge is 0.326 e. The van der Waals surface area contributed by atoms with E-state index in [4.69, 9.17) is 5.11 Å². The highest BCUT2D eigenvalue weighted by molar-refractivity contribution is 7.66. The third kappa shape index (κ3) is 3.71. The normalized spacial score (nSPS) is 21.0. The van der Waals surface area contributed by atoms with E-state index in [0.29, 0.717) is 24.7 Å². The first-order chi connectivity index (χ1) is 9.92. The Morgan fingerprint density at radius 3 is 2.57 bits per heavy atom. The maximum absolute atomic E-state index is 12.2. The molecule has 1 aromatic rings. The van der Waals surface area contributed by atoms with E-state index in [1.54, 1.807) is 30.3 Å². The molecule has 0 aliphatic carbocycles. The first kappa shape index (κ1) is 15.7. The Morgan fingerprint density at radius 2 is 1.95 bits per heavy atom. The van der Waals surface area contributed by atoms with Gasteiger partial charge in [-0.05, 0) is 25.0 Å². The molecule has 2 atom stereocenters. The Hall–Kier alpha value is -1.65. The topological polar surface area (TPSA) is 94.9 Å². The van der Waals surface area contributed by atoms with E-state index in [9.17, 15) is 19.0 Å². The number of likely N-dealkylation sites (tertiary alicyclic amines) is 1. The van der Waals surface area contributed by atoms with Gasteiger partial charge in [0.15, 0.2) is 0 Å². The second kappa shape index (κ2) is 6.41. The first-order valence-electron chi connectivity index (χ1n) is 6.81. The fourth-order valence-corrected chi connectivity index (χ4v) is 3.89. The Labute approximate surface area is 122 Å². The summed E-state index contributed by atoms with van der Waals surface area (Å²) in [4.78, 5) is 34.4. The molecule has 2 N–H and O–H groups in total. The number of carboxylic acids is 1. The summed E-state index contributed by atoms with van der Waals surface area (Å²) in [6.45, 7) is 0.400. The second-order valence-corrected chi connectivity index (χ2v) is 7.46. The van der Waals surface area contributed by atoms with Crippen LogP contribution in [0.15, 0.2) is 30.3 Å². The maximum atomic E-state index is 12.2. The highest BCUT2D eigenvalue weighted by atomic mass is 31.2. The Bertz CT molecular complexity index is 574. The molecule has 7 heteroatoms. The molecule has 0 saturated carbocycles. The summed E-state index contributed by atoms with van der Waals surface area (Å²) >= 11 is 0. The van der Waals surface area contributed by atoms with E-state index in [2.05, 4.69) is 0 Å². The number of carbonyl (C=O) groups is 2. The molecule has 21 heavy (non-hydrogen) atoms. The summed E-state index contributed by atoms with van der Waals surface area (Å²) in [6, 6.07) is 7.40. The summed E-state index contributed by atoms with van der Waals surface area (Å²) in [6.07, 6.45) is 0.805. The van der Waals surface area contributed by atoms with Crippen molar-refractivity contribution in [3.05, 3.63) is 30.3 Å². The van der Waals surface area contributed by atoms with Crippen LogP contribution >= 0.6 is 7.37 Å². The summed E-state index contributed by atoms with van der Waals surface area (Å²) in [5.74, 6) is -1.39. The molecule has 0 aromatic heterocycles. The van der Waals surface area contributed by atoms with Crippen LogP contribution in [-0.2, 0) is 14.2 Å². The zero-order chi connectivity index (χ0) is 15.5. The molecule has 1 amide bonds. The average Bonchev–Trinajstić information content (AvgIpc) is 2.95. The van der Waals surface area contributed by atoms with Gasteiger partial charge in [0.1, 0.15) is 6.04 Å². The van der Waals surface area contributed by atoms with Gasteiger partial charge in [0.2, 0.25) is 13.3 Å². The molecule has 0 radical (unpaired) electrons. The number of amides is 1. The summed E-state index contributed by atoms with van der Waals surface area (Å²) in [7, 11) is -3.58. The quantitative estimate of drug-likeness (QED) is 0.793. The number of aliphatic carboxylic acids is 1. The maximum Gasteiger partial charge on any atom is 0.326 e. The number of rotatable bonds is 5. The molecule has 2 rings (SSSR count). The van der Waals surface area contributed by atoms with E-state index in [1.165, 1.54) is 4.90 Å². The molecule has 1 fully saturated rings. The molecule has 6 nitrogen and oxygen atoms in total. The third-order valence-electron chi connectivity index (χ3n) is 3.65. The van der Waals surface area contributed by atoms with Crippen LogP contribution in [0.4, 0.5) is 0 Å². The van der Waals surface area contributed by atoms with Crippen LogP contribution in [0.3, 0.4) is 0 Å².